The molecule has 0 radical (unpaired) electrons. The summed E-state index contributed by atoms with van der Waals surface area (Å²) in [6, 6.07) is 4.26. The second-order valence-corrected chi connectivity index (χ2v) is 12.5. The number of methoxy groups -OCH3 is 1. The Morgan fingerprint density at radius 1 is 1.22 bits per heavy atom. The van der Waals surface area contributed by atoms with Gasteiger partial charge in [0.15, 0.2) is 0 Å². The maximum absolute atomic E-state index is 12.2. The second kappa shape index (κ2) is 7.20. The van der Waals surface area contributed by atoms with Gasteiger partial charge in [-0.05, 0) is 86.6 Å². The van der Waals surface area contributed by atoms with E-state index in [0.29, 0.717) is 11.8 Å². The Morgan fingerprint density at radius 2 is 1.88 bits per heavy atom. The van der Waals surface area contributed by atoms with Crippen LogP contribution in [-0.2, 0) is 16.6 Å². The Kier molecular flexibility index (Phi) is 5.41. The number of aryl methyl sites for hydroxylation is 1. The van der Waals surface area contributed by atoms with E-state index in [1.165, 1.54) is 11.1 Å². The number of hydrogen-bond donors (Lipinski definition) is 3. The number of fused-ring (bicyclic) bond motifs is 1. The minimum Gasteiger partial charge on any atom is -0.508 e. The van der Waals surface area contributed by atoms with Crippen LogP contribution in [0.1, 0.15) is 84.4 Å². The molecule has 1 aromatic rings. The number of nitrogens with one attached hydrogen (secondary N) is 1. The zero-order valence-corrected chi connectivity index (χ0v) is 21.7. The molecule has 180 valence electrons. The first kappa shape index (κ1) is 24.0. The predicted octanol–water partition coefficient (Wildman–Crippen LogP) is 5.11. The Hall–Kier alpha value is -1.10. The molecule has 4 rings (SSSR count). The summed E-state index contributed by atoms with van der Waals surface area (Å²) in [4.78, 5) is 0. The number of ether oxygens (including phenoxy) is 1. The maximum Gasteiger partial charge on any atom is 0.119 e. The van der Waals surface area contributed by atoms with Crippen LogP contribution < -0.4 is 5.32 Å². The van der Waals surface area contributed by atoms with E-state index in [4.69, 9.17) is 4.74 Å². The fourth-order valence-electron chi connectivity index (χ4n) is 8.41. The molecule has 1 unspecified atom stereocenters. The number of aliphatic hydroxyl groups is 1. The first-order valence-corrected chi connectivity index (χ1v) is 12.6. The molecule has 1 aromatic carbocycles. The van der Waals surface area contributed by atoms with E-state index >= 15 is 0 Å². The lowest BCUT2D eigenvalue weighted by Crippen LogP contribution is -2.75. The molecule has 3 N–H and O–H groups in total. The maximum atomic E-state index is 12.2. The van der Waals surface area contributed by atoms with E-state index in [9.17, 15) is 10.2 Å². The second-order valence-electron chi connectivity index (χ2n) is 12.5. The quantitative estimate of drug-likeness (QED) is 0.607. The molecule has 1 heterocycles. The average Bonchev–Trinajstić information content (AvgIpc) is 3.08. The molecule has 2 aliphatic carbocycles. The predicted molar refractivity (Wildman–Crippen MR) is 130 cm³/mol. The molecule has 3 aliphatic rings. The largest absolute Gasteiger partial charge is 0.508 e. The lowest BCUT2D eigenvalue weighted by Gasteiger charge is -2.69. The van der Waals surface area contributed by atoms with Crippen molar-refractivity contribution in [3.63, 3.8) is 0 Å². The van der Waals surface area contributed by atoms with Crippen LogP contribution in [0, 0.1) is 29.6 Å². The van der Waals surface area contributed by atoms with Crippen molar-refractivity contribution in [1.82, 2.24) is 5.32 Å². The zero-order chi connectivity index (χ0) is 23.9. The van der Waals surface area contributed by atoms with Gasteiger partial charge in [0.25, 0.3) is 0 Å². The van der Waals surface area contributed by atoms with E-state index in [0.717, 1.165) is 37.8 Å². The van der Waals surface area contributed by atoms with Crippen LogP contribution in [0.15, 0.2) is 12.1 Å². The van der Waals surface area contributed by atoms with Crippen LogP contribution in [0.4, 0.5) is 0 Å². The number of rotatable bonds is 3. The summed E-state index contributed by atoms with van der Waals surface area (Å²) in [6.45, 7) is 18.6. The van der Waals surface area contributed by atoms with Gasteiger partial charge in [0.05, 0.1) is 11.2 Å². The summed E-state index contributed by atoms with van der Waals surface area (Å²) in [5.41, 5.74) is 1.93. The van der Waals surface area contributed by atoms with Crippen molar-refractivity contribution in [3.8, 4) is 5.75 Å². The van der Waals surface area contributed by atoms with Crippen molar-refractivity contribution >= 4 is 0 Å². The van der Waals surface area contributed by atoms with Crippen molar-refractivity contribution in [2.45, 2.75) is 104 Å². The van der Waals surface area contributed by atoms with Crippen molar-refractivity contribution < 1.29 is 14.9 Å². The van der Waals surface area contributed by atoms with E-state index in [-0.39, 0.29) is 28.1 Å². The van der Waals surface area contributed by atoms with Crippen LogP contribution in [-0.4, -0.2) is 41.1 Å². The van der Waals surface area contributed by atoms with E-state index in [1.54, 1.807) is 0 Å². The molecule has 0 amide bonds. The van der Waals surface area contributed by atoms with Crippen molar-refractivity contribution in [3.05, 3.63) is 28.8 Å². The van der Waals surface area contributed by atoms with Gasteiger partial charge in [-0.15, -0.1) is 0 Å². The van der Waals surface area contributed by atoms with Crippen LogP contribution in [0.2, 0.25) is 0 Å². The van der Waals surface area contributed by atoms with Crippen molar-refractivity contribution in [2.24, 2.45) is 22.7 Å². The van der Waals surface area contributed by atoms with Gasteiger partial charge in [-0.2, -0.15) is 0 Å². The monoisotopic (exact) mass is 443 g/mol. The molecule has 0 aromatic heterocycles. The van der Waals surface area contributed by atoms with Crippen molar-refractivity contribution in [2.75, 3.05) is 13.7 Å². The molecule has 1 spiro atoms. The van der Waals surface area contributed by atoms with Crippen molar-refractivity contribution in [1.29, 1.82) is 0 Å². The molecule has 1 saturated carbocycles. The molecule has 7 atom stereocenters. The normalized spacial score (nSPS) is 40.9. The average molecular weight is 444 g/mol. The minimum absolute atomic E-state index is 0.0211. The van der Waals surface area contributed by atoms with Gasteiger partial charge in [0.2, 0.25) is 0 Å². The topological polar surface area (TPSA) is 61.7 Å². The Bertz CT molecular complexity index is 897. The highest BCUT2D eigenvalue weighted by atomic mass is 16.5. The van der Waals surface area contributed by atoms with Gasteiger partial charge in [0.1, 0.15) is 5.75 Å². The number of aromatic hydroxyl groups is 1. The lowest BCUT2D eigenvalue weighted by atomic mass is 9.39. The zero-order valence-electron chi connectivity index (χ0n) is 21.7. The Labute approximate surface area is 195 Å². The van der Waals surface area contributed by atoms with Crippen LogP contribution in [0.25, 0.3) is 0 Å². The van der Waals surface area contributed by atoms with Gasteiger partial charge in [-0.1, -0.05) is 40.7 Å². The molecule has 4 heteroatoms. The van der Waals surface area contributed by atoms with E-state index in [2.05, 4.69) is 59.8 Å². The first-order chi connectivity index (χ1) is 14.7. The van der Waals surface area contributed by atoms with Gasteiger partial charge < -0.3 is 20.3 Å². The molecule has 0 bridgehead atoms. The summed E-state index contributed by atoms with van der Waals surface area (Å²) in [6.07, 6.45) is 3.57. The first-order valence-electron chi connectivity index (χ1n) is 12.6. The highest BCUT2D eigenvalue weighted by Crippen LogP contribution is 2.72. The van der Waals surface area contributed by atoms with Gasteiger partial charge >= 0.3 is 0 Å². The molecular formula is C28H45NO3. The summed E-state index contributed by atoms with van der Waals surface area (Å²) < 4.78 is 6.61. The number of hydrogen-bond acceptors (Lipinski definition) is 4. The fourth-order valence-corrected chi connectivity index (χ4v) is 8.41. The SMILES string of the molecule is CCC1(OC)[C@@H]([C@](C)(O)C(C)(C)C)C[C@]2(C)[C@@H](C)NCC[C@@]23c2c(C)ccc(O)c2C[C@@H]13. The van der Waals surface area contributed by atoms with Crippen LogP contribution >= 0.6 is 0 Å². The highest BCUT2D eigenvalue weighted by molar-refractivity contribution is 5.56. The molecule has 1 saturated heterocycles. The molecule has 4 nitrogen and oxygen atoms in total. The standard InChI is InChI=1S/C28H45NO3/c1-10-28(32-9)21-15-19-20(30)12-11-17(2)23(19)27(21)13-14-29-18(3)25(27,7)16-22(28)26(8,31)24(4,5)6/h11-12,18,21-22,29-31H,10,13-16H2,1-9H3/t18-,21-,22-,25-,26+,27-,28?/m1/s1. The summed E-state index contributed by atoms with van der Waals surface area (Å²) in [5, 5.41) is 26.9. The van der Waals surface area contributed by atoms with Crippen LogP contribution in [0.3, 0.4) is 0 Å². The highest BCUT2D eigenvalue weighted by Gasteiger charge is 2.73. The smallest absolute Gasteiger partial charge is 0.119 e. The number of phenols is 1. The van der Waals surface area contributed by atoms with Gasteiger partial charge in [-0.25, -0.2) is 0 Å². The number of piperidine rings is 1. The van der Waals surface area contributed by atoms with Gasteiger partial charge in [-0.3, -0.25) is 0 Å². The van der Waals surface area contributed by atoms with Gasteiger partial charge in [0, 0.05) is 30.4 Å². The minimum atomic E-state index is -0.906. The molecule has 2 fully saturated rings. The Balaban J connectivity index is 2.06. The molecule has 1 aliphatic heterocycles. The number of phenolic OH excluding ortho intramolecular Hbond substituents is 1. The molecular weight excluding hydrogens is 398 g/mol. The fraction of sp³-hybridized carbons (Fsp3) is 0.786. The summed E-state index contributed by atoms with van der Waals surface area (Å²) in [5.74, 6) is 0.601. The third-order valence-electron chi connectivity index (χ3n) is 10.8. The lowest BCUT2D eigenvalue weighted by molar-refractivity contribution is -0.259. The van der Waals surface area contributed by atoms with E-state index in [1.807, 2.05) is 20.1 Å². The summed E-state index contributed by atoms with van der Waals surface area (Å²) in [7, 11) is 1.85. The van der Waals surface area contributed by atoms with Crippen LogP contribution in [0.5, 0.6) is 5.75 Å². The molecule has 32 heavy (non-hydrogen) atoms. The summed E-state index contributed by atoms with van der Waals surface area (Å²) >= 11 is 0. The number of benzene rings is 1. The third kappa shape index (κ3) is 2.66. The van der Waals surface area contributed by atoms with E-state index < -0.39 is 11.2 Å². The third-order valence-corrected chi connectivity index (χ3v) is 10.8. The Morgan fingerprint density at radius 3 is 2.44 bits per heavy atom.